The maximum Gasteiger partial charge on any atom is 0.253 e. The first-order valence-electron chi connectivity index (χ1n) is 10.1. The minimum absolute atomic E-state index is 0.0860. The molecule has 6 nitrogen and oxygen atoms in total. The topological polar surface area (TPSA) is 87.9 Å². The van der Waals surface area contributed by atoms with Crippen molar-refractivity contribution in [2.75, 3.05) is 20.1 Å². The molecule has 6 heteroatoms. The van der Waals surface area contributed by atoms with E-state index < -0.39 is 0 Å². The van der Waals surface area contributed by atoms with E-state index in [2.05, 4.69) is 34.9 Å². The quantitative estimate of drug-likeness (QED) is 0.541. The Hall–Kier alpha value is -3.95. The predicted molar refractivity (Wildman–Crippen MR) is 122 cm³/mol. The molecule has 2 N–H and O–H groups in total. The predicted octanol–water partition coefficient (Wildman–Crippen LogP) is 3.90. The van der Waals surface area contributed by atoms with Crippen molar-refractivity contribution in [3.8, 4) is 23.1 Å². The molecule has 0 saturated heterocycles. The summed E-state index contributed by atoms with van der Waals surface area (Å²) in [7, 11) is 1.74. The molecule has 0 atom stereocenters. The molecule has 0 saturated carbocycles. The van der Waals surface area contributed by atoms with Crippen LogP contribution in [0.15, 0.2) is 66.7 Å². The minimum atomic E-state index is -0.0860. The number of hydrogen-bond acceptors (Lipinski definition) is 4. The van der Waals surface area contributed by atoms with E-state index in [0.29, 0.717) is 24.2 Å². The van der Waals surface area contributed by atoms with Gasteiger partial charge in [-0.2, -0.15) is 5.26 Å². The molecule has 1 aromatic heterocycles. The van der Waals surface area contributed by atoms with E-state index in [0.717, 1.165) is 28.1 Å². The Balaban J connectivity index is 1.89. The molecule has 31 heavy (non-hydrogen) atoms. The van der Waals surface area contributed by atoms with Crippen molar-refractivity contribution in [1.82, 2.24) is 14.5 Å². The van der Waals surface area contributed by atoms with Crippen molar-refractivity contribution in [2.45, 2.75) is 6.92 Å². The van der Waals surface area contributed by atoms with Crippen LogP contribution in [0, 0.1) is 18.3 Å². The fraction of sp³-hybridized carbons (Fsp3) is 0.160. The first kappa shape index (κ1) is 20.3. The zero-order valence-electron chi connectivity index (χ0n) is 17.5. The van der Waals surface area contributed by atoms with Gasteiger partial charge in [0.15, 0.2) is 0 Å². The molecule has 0 unspecified atom stereocenters. The number of carbonyl (C=O) groups is 1. The second-order valence-corrected chi connectivity index (χ2v) is 7.51. The van der Waals surface area contributed by atoms with E-state index in [1.807, 2.05) is 37.3 Å². The van der Waals surface area contributed by atoms with Crippen molar-refractivity contribution >= 4 is 16.9 Å². The van der Waals surface area contributed by atoms with Gasteiger partial charge in [-0.05, 0) is 61.5 Å². The van der Waals surface area contributed by atoms with E-state index in [-0.39, 0.29) is 5.91 Å². The van der Waals surface area contributed by atoms with Gasteiger partial charge in [-0.15, -0.1) is 0 Å². The maximum absolute atomic E-state index is 12.7. The second kappa shape index (κ2) is 8.42. The maximum atomic E-state index is 12.7. The molecule has 154 valence electrons. The van der Waals surface area contributed by atoms with Crippen molar-refractivity contribution < 1.29 is 4.79 Å². The Morgan fingerprint density at radius 1 is 1.10 bits per heavy atom. The van der Waals surface area contributed by atoms with Gasteiger partial charge in [-0.1, -0.05) is 17.7 Å². The lowest BCUT2D eigenvalue weighted by Gasteiger charge is -2.16. The van der Waals surface area contributed by atoms with Gasteiger partial charge in [0.1, 0.15) is 5.82 Å². The van der Waals surface area contributed by atoms with Crippen LogP contribution in [-0.4, -0.2) is 40.5 Å². The highest BCUT2D eigenvalue weighted by molar-refractivity contribution is 5.98. The Morgan fingerprint density at radius 3 is 2.45 bits per heavy atom. The van der Waals surface area contributed by atoms with Crippen LogP contribution in [0.3, 0.4) is 0 Å². The van der Waals surface area contributed by atoms with Gasteiger partial charge >= 0.3 is 0 Å². The van der Waals surface area contributed by atoms with Crippen LogP contribution in [0.4, 0.5) is 0 Å². The van der Waals surface area contributed by atoms with Crippen LogP contribution in [0.2, 0.25) is 0 Å². The zero-order chi connectivity index (χ0) is 22.0. The highest BCUT2D eigenvalue weighted by Crippen LogP contribution is 2.30. The van der Waals surface area contributed by atoms with Crippen LogP contribution in [0.25, 0.3) is 28.1 Å². The summed E-state index contributed by atoms with van der Waals surface area (Å²) in [5, 5.41) is 9.12. The van der Waals surface area contributed by atoms with Crippen LogP contribution in [-0.2, 0) is 0 Å². The molecule has 3 aromatic carbocycles. The fourth-order valence-electron chi connectivity index (χ4n) is 3.57. The molecule has 1 amide bonds. The number of nitriles is 1. The summed E-state index contributed by atoms with van der Waals surface area (Å²) in [6, 6.07) is 23.3. The van der Waals surface area contributed by atoms with Crippen LogP contribution >= 0.6 is 0 Å². The molecule has 0 radical (unpaired) electrons. The Bertz CT molecular complexity index is 1280. The number of carbonyl (C=O) groups excluding carboxylic acids is 1. The van der Waals surface area contributed by atoms with Gasteiger partial charge < -0.3 is 10.6 Å². The number of nitrogens with two attached hydrogens (primary N) is 1. The summed E-state index contributed by atoms with van der Waals surface area (Å²) in [6.45, 7) is 2.95. The van der Waals surface area contributed by atoms with Crippen molar-refractivity contribution in [2.24, 2.45) is 5.73 Å². The molecule has 1 heterocycles. The average molecular weight is 409 g/mol. The molecule has 0 fully saturated rings. The van der Waals surface area contributed by atoms with E-state index in [4.69, 9.17) is 16.0 Å². The number of nitrogens with zero attached hydrogens (tertiary/aromatic N) is 4. The largest absolute Gasteiger partial charge is 0.340 e. The summed E-state index contributed by atoms with van der Waals surface area (Å²) >= 11 is 0. The average Bonchev–Trinajstić information content (AvgIpc) is 3.18. The number of imidazole rings is 1. The van der Waals surface area contributed by atoms with Gasteiger partial charge in [-0.25, -0.2) is 4.98 Å². The summed E-state index contributed by atoms with van der Waals surface area (Å²) < 4.78 is 2.08. The molecule has 0 spiro atoms. The summed E-state index contributed by atoms with van der Waals surface area (Å²) in [4.78, 5) is 19.2. The molecular weight excluding hydrogens is 386 g/mol. The molecule has 0 aliphatic carbocycles. The summed E-state index contributed by atoms with van der Waals surface area (Å²) in [5.74, 6) is 0.667. The number of fused-ring (bicyclic) bond motifs is 1. The number of amides is 1. The van der Waals surface area contributed by atoms with Gasteiger partial charge in [0.2, 0.25) is 0 Å². The third-order valence-corrected chi connectivity index (χ3v) is 5.28. The number of aryl methyl sites for hydroxylation is 1. The molecule has 0 bridgehead atoms. The van der Waals surface area contributed by atoms with Gasteiger partial charge in [0.25, 0.3) is 5.91 Å². The van der Waals surface area contributed by atoms with Crippen molar-refractivity contribution in [1.29, 1.82) is 5.26 Å². The lowest BCUT2D eigenvalue weighted by molar-refractivity contribution is 0.0799. The van der Waals surface area contributed by atoms with Gasteiger partial charge in [0.05, 0.1) is 22.7 Å². The molecule has 0 aliphatic heterocycles. The number of hydrogen-bond donors (Lipinski definition) is 1. The summed E-state index contributed by atoms with van der Waals surface area (Å²) in [5.41, 5.74) is 11.4. The molecular formula is C25H23N5O. The lowest BCUT2D eigenvalue weighted by atomic mass is 10.1. The summed E-state index contributed by atoms with van der Waals surface area (Å²) in [6.07, 6.45) is 0. The third kappa shape index (κ3) is 3.91. The SMILES string of the molecule is Cc1ccc(-n2c(-c3ccc(C#N)cc3)nc3cc(C(=O)N(C)CCN)ccc32)cc1. The number of aromatic nitrogens is 2. The zero-order valence-corrected chi connectivity index (χ0v) is 17.5. The lowest BCUT2D eigenvalue weighted by Crippen LogP contribution is -2.31. The second-order valence-electron chi connectivity index (χ2n) is 7.51. The Morgan fingerprint density at radius 2 is 1.81 bits per heavy atom. The van der Waals surface area contributed by atoms with E-state index in [1.54, 1.807) is 24.1 Å². The highest BCUT2D eigenvalue weighted by atomic mass is 16.2. The van der Waals surface area contributed by atoms with Crippen LogP contribution < -0.4 is 5.73 Å². The minimum Gasteiger partial charge on any atom is -0.340 e. The molecule has 0 aliphatic rings. The first-order chi connectivity index (χ1) is 15.0. The van der Waals surface area contributed by atoms with Crippen molar-refractivity contribution in [3.63, 3.8) is 0 Å². The number of rotatable bonds is 5. The van der Waals surface area contributed by atoms with E-state index in [1.165, 1.54) is 5.56 Å². The van der Waals surface area contributed by atoms with E-state index in [9.17, 15) is 4.79 Å². The molecule has 4 aromatic rings. The third-order valence-electron chi connectivity index (χ3n) is 5.28. The Kier molecular flexibility index (Phi) is 5.52. The molecule has 4 rings (SSSR count). The Labute approximate surface area is 181 Å². The highest BCUT2D eigenvalue weighted by Gasteiger charge is 2.18. The smallest absolute Gasteiger partial charge is 0.253 e. The van der Waals surface area contributed by atoms with E-state index >= 15 is 0 Å². The number of benzene rings is 3. The standard InChI is InChI=1S/C25H23N5O/c1-17-3-10-21(11-4-17)30-23-12-9-20(25(31)29(2)14-13-26)15-22(23)28-24(30)19-7-5-18(16-27)6-8-19/h3-12,15H,13-14,26H2,1-2H3. The number of likely N-dealkylation sites (N-methyl/N-ethyl adjacent to an activating group) is 1. The fourth-order valence-corrected chi connectivity index (χ4v) is 3.57. The van der Waals surface area contributed by atoms with Crippen LogP contribution in [0.5, 0.6) is 0 Å². The first-order valence-corrected chi connectivity index (χ1v) is 10.1. The van der Waals surface area contributed by atoms with Gasteiger partial charge in [-0.3, -0.25) is 9.36 Å². The monoisotopic (exact) mass is 409 g/mol. The normalized spacial score (nSPS) is 10.8. The van der Waals surface area contributed by atoms with Gasteiger partial charge in [0, 0.05) is 37.0 Å². The van der Waals surface area contributed by atoms with Crippen molar-refractivity contribution in [3.05, 3.63) is 83.4 Å². The van der Waals surface area contributed by atoms with Crippen LogP contribution in [0.1, 0.15) is 21.5 Å².